The molecule has 0 aliphatic heterocycles. The first kappa shape index (κ1) is 17.7. The molecule has 23 heavy (non-hydrogen) atoms. The standard InChI is InChI=1S/C20H29NO2/c1-19(2,3)16-8-7-13-9-15(10-14(13)11-16)18(23)21-17(12-22)20(4,5)6/h7-8,10-11,17,22H,9,12H2,1-6H3,(H,21,23). The highest BCUT2D eigenvalue weighted by atomic mass is 16.3. The van der Waals surface area contributed by atoms with Crippen molar-refractivity contribution < 1.29 is 9.90 Å². The van der Waals surface area contributed by atoms with Gasteiger partial charge < -0.3 is 10.4 Å². The minimum atomic E-state index is -0.246. The zero-order valence-corrected chi connectivity index (χ0v) is 15.2. The van der Waals surface area contributed by atoms with Gasteiger partial charge in [-0.3, -0.25) is 4.79 Å². The number of nitrogens with one attached hydrogen (secondary N) is 1. The fourth-order valence-electron chi connectivity index (χ4n) is 2.73. The summed E-state index contributed by atoms with van der Waals surface area (Å²) in [6.07, 6.45) is 2.64. The molecule has 0 aromatic heterocycles. The van der Waals surface area contributed by atoms with Crippen LogP contribution in [0.4, 0.5) is 0 Å². The molecule has 0 bridgehead atoms. The van der Waals surface area contributed by atoms with Crippen LogP contribution in [0.2, 0.25) is 0 Å². The van der Waals surface area contributed by atoms with E-state index < -0.39 is 0 Å². The van der Waals surface area contributed by atoms with Crippen LogP contribution in [-0.4, -0.2) is 23.7 Å². The van der Waals surface area contributed by atoms with Crippen LogP contribution in [0.15, 0.2) is 23.8 Å². The highest BCUT2D eigenvalue weighted by molar-refractivity contribution is 6.00. The van der Waals surface area contributed by atoms with E-state index in [1.54, 1.807) is 0 Å². The minimum absolute atomic E-state index is 0.0519. The second-order valence-electron chi connectivity index (χ2n) is 8.58. The Labute approximate surface area is 139 Å². The first-order chi connectivity index (χ1) is 10.5. The molecule has 0 heterocycles. The number of carbonyl (C=O) groups excluding carboxylic acids is 1. The molecular formula is C20H29NO2. The largest absolute Gasteiger partial charge is 0.394 e. The van der Waals surface area contributed by atoms with Crippen molar-refractivity contribution in [2.75, 3.05) is 6.61 Å². The minimum Gasteiger partial charge on any atom is -0.394 e. The van der Waals surface area contributed by atoms with E-state index >= 15 is 0 Å². The zero-order chi connectivity index (χ0) is 17.4. The molecule has 2 N–H and O–H groups in total. The lowest BCUT2D eigenvalue weighted by molar-refractivity contribution is -0.119. The van der Waals surface area contributed by atoms with Gasteiger partial charge in [-0.1, -0.05) is 59.7 Å². The monoisotopic (exact) mass is 315 g/mol. The Kier molecular flexibility index (Phi) is 4.72. The molecule has 1 atom stereocenters. The molecule has 1 amide bonds. The summed E-state index contributed by atoms with van der Waals surface area (Å²) in [5.41, 5.74) is 4.31. The van der Waals surface area contributed by atoms with E-state index in [1.807, 2.05) is 26.8 Å². The number of aliphatic hydroxyl groups is 1. The molecule has 1 aromatic carbocycles. The predicted octanol–water partition coefficient (Wildman–Crippen LogP) is 3.45. The summed E-state index contributed by atoms with van der Waals surface area (Å²) in [7, 11) is 0. The van der Waals surface area contributed by atoms with Crippen molar-refractivity contribution >= 4 is 12.0 Å². The second-order valence-corrected chi connectivity index (χ2v) is 8.58. The number of aliphatic hydroxyl groups excluding tert-OH is 1. The van der Waals surface area contributed by atoms with Crippen LogP contribution in [0.5, 0.6) is 0 Å². The topological polar surface area (TPSA) is 49.3 Å². The van der Waals surface area contributed by atoms with Crippen molar-refractivity contribution in [3.63, 3.8) is 0 Å². The molecule has 1 unspecified atom stereocenters. The molecule has 3 nitrogen and oxygen atoms in total. The molecule has 0 fully saturated rings. The van der Waals surface area contributed by atoms with Gasteiger partial charge in [0.25, 0.3) is 0 Å². The first-order valence-electron chi connectivity index (χ1n) is 8.28. The highest BCUT2D eigenvalue weighted by Crippen LogP contribution is 2.31. The number of hydrogen-bond acceptors (Lipinski definition) is 2. The Hall–Kier alpha value is -1.61. The number of amides is 1. The zero-order valence-electron chi connectivity index (χ0n) is 15.2. The molecular weight excluding hydrogens is 286 g/mol. The molecule has 0 saturated heterocycles. The number of hydrogen-bond donors (Lipinski definition) is 2. The van der Waals surface area contributed by atoms with Crippen LogP contribution in [0.1, 0.15) is 58.2 Å². The van der Waals surface area contributed by atoms with Crippen LogP contribution in [0, 0.1) is 5.41 Å². The van der Waals surface area contributed by atoms with E-state index in [1.165, 1.54) is 11.1 Å². The summed E-state index contributed by atoms with van der Waals surface area (Å²) < 4.78 is 0. The molecule has 0 spiro atoms. The lowest BCUT2D eigenvalue weighted by Gasteiger charge is -2.30. The van der Waals surface area contributed by atoms with Gasteiger partial charge >= 0.3 is 0 Å². The maximum atomic E-state index is 12.5. The molecule has 1 aliphatic rings. The molecule has 0 saturated carbocycles. The summed E-state index contributed by atoms with van der Waals surface area (Å²) >= 11 is 0. The number of benzene rings is 1. The van der Waals surface area contributed by atoms with Gasteiger partial charge in [0.05, 0.1) is 12.6 Å². The van der Waals surface area contributed by atoms with Gasteiger partial charge in [0.15, 0.2) is 0 Å². The summed E-state index contributed by atoms with van der Waals surface area (Å²) in [6, 6.07) is 6.21. The first-order valence-corrected chi connectivity index (χ1v) is 8.28. The Morgan fingerprint density at radius 1 is 1.22 bits per heavy atom. The lowest BCUT2D eigenvalue weighted by atomic mass is 9.85. The lowest BCUT2D eigenvalue weighted by Crippen LogP contribution is -2.46. The van der Waals surface area contributed by atoms with Crippen LogP contribution < -0.4 is 5.32 Å². The summed E-state index contributed by atoms with van der Waals surface area (Å²) in [5, 5.41) is 12.5. The van der Waals surface area contributed by atoms with Gasteiger partial charge in [-0.25, -0.2) is 0 Å². The van der Waals surface area contributed by atoms with Crippen molar-refractivity contribution in [2.24, 2.45) is 5.41 Å². The van der Waals surface area contributed by atoms with E-state index in [2.05, 4.69) is 44.3 Å². The van der Waals surface area contributed by atoms with Gasteiger partial charge in [0.1, 0.15) is 0 Å². The molecule has 1 aliphatic carbocycles. The Balaban J connectivity index is 2.18. The third-order valence-electron chi connectivity index (χ3n) is 4.55. The van der Waals surface area contributed by atoms with Crippen molar-refractivity contribution in [1.82, 2.24) is 5.32 Å². The third kappa shape index (κ3) is 4.03. The molecule has 1 aromatic rings. The Morgan fingerprint density at radius 2 is 1.87 bits per heavy atom. The summed E-state index contributed by atoms with van der Waals surface area (Å²) in [4.78, 5) is 12.5. The summed E-state index contributed by atoms with van der Waals surface area (Å²) in [5.74, 6) is -0.0764. The fourth-order valence-corrected chi connectivity index (χ4v) is 2.73. The van der Waals surface area contributed by atoms with Gasteiger partial charge in [-0.15, -0.1) is 0 Å². The quantitative estimate of drug-likeness (QED) is 0.897. The van der Waals surface area contributed by atoms with Gasteiger partial charge in [0.2, 0.25) is 5.91 Å². The molecule has 126 valence electrons. The maximum Gasteiger partial charge on any atom is 0.247 e. The van der Waals surface area contributed by atoms with Crippen molar-refractivity contribution in [2.45, 2.75) is 59.4 Å². The molecule has 2 rings (SSSR count). The van der Waals surface area contributed by atoms with Crippen molar-refractivity contribution in [1.29, 1.82) is 0 Å². The highest BCUT2D eigenvalue weighted by Gasteiger charge is 2.28. The second kappa shape index (κ2) is 6.12. The molecule has 0 radical (unpaired) electrons. The van der Waals surface area contributed by atoms with Crippen molar-refractivity contribution in [3.8, 4) is 0 Å². The van der Waals surface area contributed by atoms with E-state index in [9.17, 15) is 9.90 Å². The van der Waals surface area contributed by atoms with Crippen LogP contribution >= 0.6 is 0 Å². The average Bonchev–Trinajstić information content (AvgIpc) is 2.85. The fraction of sp³-hybridized carbons (Fsp3) is 0.550. The Morgan fingerprint density at radius 3 is 2.39 bits per heavy atom. The van der Waals surface area contributed by atoms with Gasteiger partial charge in [0, 0.05) is 12.0 Å². The maximum absolute atomic E-state index is 12.5. The predicted molar refractivity (Wildman–Crippen MR) is 95.3 cm³/mol. The number of fused-ring (bicyclic) bond motifs is 1. The summed E-state index contributed by atoms with van der Waals surface area (Å²) in [6.45, 7) is 12.6. The van der Waals surface area contributed by atoms with Crippen LogP contribution in [-0.2, 0) is 16.6 Å². The Bertz CT molecular complexity index is 630. The van der Waals surface area contributed by atoms with E-state index in [0.717, 1.165) is 11.1 Å². The van der Waals surface area contributed by atoms with E-state index in [4.69, 9.17) is 0 Å². The van der Waals surface area contributed by atoms with E-state index in [0.29, 0.717) is 6.42 Å². The smallest absolute Gasteiger partial charge is 0.247 e. The van der Waals surface area contributed by atoms with Crippen LogP contribution in [0.25, 0.3) is 6.08 Å². The number of rotatable bonds is 3. The van der Waals surface area contributed by atoms with Crippen molar-refractivity contribution in [3.05, 3.63) is 40.5 Å². The SMILES string of the molecule is CC(C)(C)c1ccc2c(c1)C=C(C(=O)NC(CO)C(C)(C)C)C2. The molecule has 3 heteroatoms. The third-order valence-corrected chi connectivity index (χ3v) is 4.55. The van der Waals surface area contributed by atoms with Gasteiger partial charge in [-0.2, -0.15) is 0 Å². The normalized spacial score (nSPS) is 15.9. The number of carbonyl (C=O) groups is 1. The van der Waals surface area contributed by atoms with Crippen LogP contribution in [0.3, 0.4) is 0 Å². The van der Waals surface area contributed by atoms with E-state index in [-0.39, 0.29) is 29.4 Å². The van der Waals surface area contributed by atoms with Gasteiger partial charge in [-0.05, 0) is 33.6 Å². The average molecular weight is 315 g/mol.